The molecular formula is C21H27N5O2. The smallest absolute Gasteiger partial charge is 0.274 e. The maximum Gasteiger partial charge on any atom is 0.274 e. The number of carbonyl (C=O) groups is 2. The standard InChI is InChI=1S/C21H27N5O2/c1-21(2,3)16-6-4-15(5-7-16)14-25-8-10-26(11-9-25)20(28)18-13-23-17(12-24-18)19(22)27/h4-7,12-13H,8-11,14H2,1-3H3,(H2,22,27). The summed E-state index contributed by atoms with van der Waals surface area (Å²) in [5.41, 5.74) is 8.20. The van der Waals surface area contributed by atoms with Crippen molar-refractivity contribution in [3.63, 3.8) is 0 Å². The SMILES string of the molecule is CC(C)(C)c1ccc(CN2CCN(C(=O)c3cnc(C(N)=O)cn3)CC2)cc1. The van der Waals surface area contributed by atoms with E-state index < -0.39 is 5.91 Å². The average molecular weight is 381 g/mol. The average Bonchev–Trinajstić information content (AvgIpc) is 2.68. The number of rotatable bonds is 4. The third-order valence-corrected chi connectivity index (χ3v) is 5.01. The number of aromatic nitrogens is 2. The van der Waals surface area contributed by atoms with Gasteiger partial charge in [0.25, 0.3) is 11.8 Å². The van der Waals surface area contributed by atoms with Gasteiger partial charge in [0.1, 0.15) is 11.4 Å². The summed E-state index contributed by atoms with van der Waals surface area (Å²) >= 11 is 0. The molecular weight excluding hydrogens is 354 g/mol. The van der Waals surface area contributed by atoms with Crippen LogP contribution in [0.1, 0.15) is 52.9 Å². The van der Waals surface area contributed by atoms with E-state index in [0.717, 1.165) is 19.6 Å². The minimum absolute atomic E-state index is 0.0545. The minimum atomic E-state index is -0.657. The molecule has 1 aliphatic heterocycles. The predicted octanol–water partition coefficient (Wildman–Crippen LogP) is 1.83. The Balaban J connectivity index is 1.54. The van der Waals surface area contributed by atoms with E-state index in [1.165, 1.54) is 23.5 Å². The molecule has 0 atom stereocenters. The van der Waals surface area contributed by atoms with Crippen molar-refractivity contribution in [3.05, 3.63) is 59.2 Å². The van der Waals surface area contributed by atoms with Crippen molar-refractivity contribution in [2.45, 2.75) is 32.7 Å². The molecule has 0 spiro atoms. The van der Waals surface area contributed by atoms with Crippen LogP contribution < -0.4 is 5.73 Å². The summed E-state index contributed by atoms with van der Waals surface area (Å²) < 4.78 is 0. The van der Waals surface area contributed by atoms with Crippen LogP contribution in [0.3, 0.4) is 0 Å². The Kier molecular flexibility index (Phi) is 5.74. The molecule has 1 fully saturated rings. The summed E-state index contributed by atoms with van der Waals surface area (Å²) in [5, 5.41) is 0. The van der Waals surface area contributed by atoms with Gasteiger partial charge >= 0.3 is 0 Å². The Bertz CT molecular complexity index is 833. The van der Waals surface area contributed by atoms with Crippen molar-refractivity contribution in [1.82, 2.24) is 19.8 Å². The summed E-state index contributed by atoms with van der Waals surface area (Å²) in [5.74, 6) is -0.826. The van der Waals surface area contributed by atoms with Gasteiger partial charge in [-0.25, -0.2) is 9.97 Å². The summed E-state index contributed by atoms with van der Waals surface area (Å²) in [7, 11) is 0. The number of carbonyl (C=O) groups excluding carboxylic acids is 2. The van der Waals surface area contributed by atoms with E-state index in [9.17, 15) is 9.59 Å². The monoisotopic (exact) mass is 381 g/mol. The van der Waals surface area contributed by atoms with Gasteiger partial charge in [-0.3, -0.25) is 14.5 Å². The molecule has 0 aliphatic carbocycles. The summed E-state index contributed by atoms with van der Waals surface area (Å²) in [6.07, 6.45) is 2.55. The van der Waals surface area contributed by atoms with Gasteiger partial charge in [0.15, 0.2) is 0 Å². The largest absolute Gasteiger partial charge is 0.364 e. The maximum absolute atomic E-state index is 12.6. The summed E-state index contributed by atoms with van der Waals surface area (Å²) in [4.78, 5) is 35.7. The molecule has 0 bridgehead atoms. The van der Waals surface area contributed by atoms with Crippen LogP contribution in [-0.2, 0) is 12.0 Å². The lowest BCUT2D eigenvalue weighted by Gasteiger charge is -2.34. The topological polar surface area (TPSA) is 92.4 Å². The molecule has 1 aromatic heterocycles. The normalized spacial score (nSPS) is 15.5. The number of piperazine rings is 1. The molecule has 28 heavy (non-hydrogen) atoms. The molecule has 0 unspecified atom stereocenters. The first kappa shape index (κ1) is 19.9. The highest BCUT2D eigenvalue weighted by atomic mass is 16.2. The molecule has 7 nitrogen and oxygen atoms in total. The molecule has 7 heteroatoms. The first-order chi connectivity index (χ1) is 13.2. The number of nitrogens with two attached hydrogens (primary N) is 1. The highest BCUT2D eigenvalue weighted by molar-refractivity contribution is 5.93. The van der Waals surface area contributed by atoms with Crippen LogP contribution in [0.15, 0.2) is 36.7 Å². The Hall–Kier alpha value is -2.80. The molecule has 0 radical (unpaired) electrons. The van der Waals surface area contributed by atoms with Gasteiger partial charge < -0.3 is 10.6 Å². The number of benzene rings is 1. The van der Waals surface area contributed by atoms with Gasteiger partial charge in [-0.2, -0.15) is 0 Å². The van der Waals surface area contributed by atoms with Gasteiger partial charge in [-0.1, -0.05) is 45.0 Å². The molecule has 1 aliphatic rings. The number of hydrogen-bond acceptors (Lipinski definition) is 5. The predicted molar refractivity (Wildman–Crippen MR) is 107 cm³/mol. The molecule has 2 N–H and O–H groups in total. The molecule has 2 amide bonds. The quantitative estimate of drug-likeness (QED) is 0.872. The van der Waals surface area contributed by atoms with Gasteiger partial charge in [-0.05, 0) is 16.5 Å². The minimum Gasteiger partial charge on any atom is -0.364 e. The van der Waals surface area contributed by atoms with Gasteiger partial charge in [0.2, 0.25) is 0 Å². The number of hydrogen-bond donors (Lipinski definition) is 1. The van der Waals surface area contributed by atoms with Crippen LogP contribution in [0.4, 0.5) is 0 Å². The highest BCUT2D eigenvalue weighted by Gasteiger charge is 2.23. The van der Waals surface area contributed by atoms with E-state index >= 15 is 0 Å². The number of nitrogens with zero attached hydrogens (tertiary/aromatic N) is 4. The fraction of sp³-hybridized carbons (Fsp3) is 0.429. The van der Waals surface area contributed by atoms with Crippen molar-refractivity contribution in [2.24, 2.45) is 5.73 Å². The molecule has 0 saturated carbocycles. The van der Waals surface area contributed by atoms with E-state index in [1.807, 2.05) is 0 Å². The Labute approximate surface area is 165 Å². The lowest BCUT2D eigenvalue weighted by molar-refractivity contribution is 0.0621. The molecule has 3 rings (SSSR count). The molecule has 1 saturated heterocycles. The molecule has 2 heterocycles. The lowest BCUT2D eigenvalue weighted by atomic mass is 9.87. The van der Waals surface area contributed by atoms with Crippen LogP contribution in [0.5, 0.6) is 0 Å². The van der Waals surface area contributed by atoms with Crippen LogP contribution in [0, 0.1) is 0 Å². The van der Waals surface area contributed by atoms with E-state index in [4.69, 9.17) is 5.73 Å². The Morgan fingerprint density at radius 1 is 0.964 bits per heavy atom. The maximum atomic E-state index is 12.6. The fourth-order valence-corrected chi connectivity index (χ4v) is 3.21. The molecule has 148 valence electrons. The van der Waals surface area contributed by atoms with Crippen molar-refractivity contribution >= 4 is 11.8 Å². The third kappa shape index (κ3) is 4.72. The van der Waals surface area contributed by atoms with Crippen LogP contribution in [0.25, 0.3) is 0 Å². The summed E-state index contributed by atoms with van der Waals surface area (Å²) in [6, 6.07) is 8.77. The number of amides is 2. The van der Waals surface area contributed by atoms with Crippen molar-refractivity contribution in [3.8, 4) is 0 Å². The molecule has 2 aromatic rings. The number of primary amides is 1. The molecule has 1 aromatic carbocycles. The fourth-order valence-electron chi connectivity index (χ4n) is 3.21. The summed E-state index contributed by atoms with van der Waals surface area (Å²) in [6.45, 7) is 10.4. The van der Waals surface area contributed by atoms with E-state index in [0.29, 0.717) is 13.1 Å². The second kappa shape index (κ2) is 8.06. The van der Waals surface area contributed by atoms with E-state index in [1.54, 1.807) is 4.90 Å². The van der Waals surface area contributed by atoms with Crippen LogP contribution in [-0.4, -0.2) is 57.8 Å². The lowest BCUT2D eigenvalue weighted by Crippen LogP contribution is -2.48. The Morgan fingerprint density at radius 3 is 2.04 bits per heavy atom. The van der Waals surface area contributed by atoms with Gasteiger partial charge in [0, 0.05) is 32.7 Å². The van der Waals surface area contributed by atoms with Crippen molar-refractivity contribution in [2.75, 3.05) is 26.2 Å². The Morgan fingerprint density at radius 2 is 1.54 bits per heavy atom. The van der Waals surface area contributed by atoms with E-state index in [-0.39, 0.29) is 22.7 Å². The zero-order chi connectivity index (χ0) is 20.3. The highest BCUT2D eigenvalue weighted by Crippen LogP contribution is 2.22. The van der Waals surface area contributed by atoms with Gasteiger partial charge in [-0.15, -0.1) is 0 Å². The first-order valence-electron chi connectivity index (χ1n) is 9.47. The van der Waals surface area contributed by atoms with Crippen molar-refractivity contribution < 1.29 is 9.59 Å². The second-order valence-electron chi connectivity index (χ2n) is 8.17. The van der Waals surface area contributed by atoms with Crippen LogP contribution in [0.2, 0.25) is 0 Å². The second-order valence-corrected chi connectivity index (χ2v) is 8.17. The zero-order valence-corrected chi connectivity index (χ0v) is 16.7. The van der Waals surface area contributed by atoms with Gasteiger partial charge in [0.05, 0.1) is 12.4 Å². The van der Waals surface area contributed by atoms with Crippen molar-refractivity contribution in [1.29, 1.82) is 0 Å². The van der Waals surface area contributed by atoms with E-state index in [2.05, 4.69) is 59.9 Å². The first-order valence-corrected chi connectivity index (χ1v) is 9.47. The van der Waals surface area contributed by atoms with Crippen LogP contribution >= 0.6 is 0 Å². The zero-order valence-electron chi connectivity index (χ0n) is 16.7. The third-order valence-electron chi connectivity index (χ3n) is 5.01.